The Hall–Kier alpha value is -2.32. The Balaban J connectivity index is 2.28. The van der Waals surface area contributed by atoms with E-state index in [1.54, 1.807) is 28.9 Å². The monoisotopic (exact) mass is 288 g/mol. The number of hydrogen-bond donors (Lipinski definition) is 1. The van der Waals surface area contributed by atoms with Crippen LogP contribution in [0.3, 0.4) is 0 Å². The summed E-state index contributed by atoms with van der Waals surface area (Å²) in [7, 11) is 0. The molecule has 1 atom stereocenters. The van der Waals surface area contributed by atoms with Crippen LogP contribution >= 0.6 is 0 Å². The molecule has 0 aliphatic heterocycles. The number of anilines is 1. The Morgan fingerprint density at radius 1 is 1.35 bits per heavy atom. The van der Waals surface area contributed by atoms with Crippen molar-refractivity contribution in [3.63, 3.8) is 0 Å². The summed E-state index contributed by atoms with van der Waals surface area (Å²) in [5.74, 6) is 0.271. The van der Waals surface area contributed by atoms with Crippen LogP contribution in [0.5, 0.6) is 0 Å². The zero-order valence-corrected chi connectivity index (χ0v) is 11.3. The maximum atomic E-state index is 11.1. The van der Waals surface area contributed by atoms with E-state index in [0.717, 1.165) is 11.1 Å². The second kappa shape index (κ2) is 4.66. The first-order valence-corrected chi connectivity index (χ1v) is 6.80. The van der Waals surface area contributed by atoms with Gasteiger partial charge < -0.3 is 10.3 Å². The minimum Gasteiger partial charge on any atom is -0.768 e. The second-order valence-electron chi connectivity index (χ2n) is 4.24. The van der Waals surface area contributed by atoms with Gasteiger partial charge in [0.05, 0.1) is 11.9 Å². The highest BCUT2D eigenvalue weighted by Crippen LogP contribution is 2.26. The molecule has 3 aromatic rings. The predicted molar refractivity (Wildman–Crippen MR) is 72.6 cm³/mol. The van der Waals surface area contributed by atoms with Crippen molar-refractivity contribution < 1.29 is 8.76 Å². The molecule has 8 heteroatoms. The van der Waals surface area contributed by atoms with Crippen molar-refractivity contribution in [3.8, 4) is 11.3 Å². The van der Waals surface area contributed by atoms with Gasteiger partial charge in [-0.25, -0.2) is 14.5 Å². The van der Waals surface area contributed by atoms with Crippen molar-refractivity contribution >= 4 is 22.5 Å². The van der Waals surface area contributed by atoms with Gasteiger partial charge in [-0.15, -0.1) is 0 Å². The SMILES string of the molecule is Cc1ccc(S(=O)[O-])cc1-c1cnc2c(N)ncnn12. The van der Waals surface area contributed by atoms with Gasteiger partial charge in [0.15, 0.2) is 11.5 Å². The van der Waals surface area contributed by atoms with Crippen molar-refractivity contribution in [3.05, 3.63) is 36.3 Å². The molecule has 2 N–H and O–H groups in total. The highest BCUT2D eigenvalue weighted by molar-refractivity contribution is 7.79. The molecule has 102 valence electrons. The number of aryl methyl sites for hydroxylation is 1. The third kappa shape index (κ3) is 1.95. The first-order chi connectivity index (χ1) is 9.58. The Morgan fingerprint density at radius 3 is 2.90 bits per heavy atom. The Bertz CT molecular complexity index is 830. The molecule has 0 saturated heterocycles. The quantitative estimate of drug-likeness (QED) is 0.702. The molecule has 0 aliphatic carbocycles. The molecule has 2 aromatic heterocycles. The summed E-state index contributed by atoms with van der Waals surface area (Å²) in [5, 5.41) is 4.10. The molecular formula is C12H10N5O2S-. The normalized spacial score (nSPS) is 12.7. The zero-order valence-electron chi connectivity index (χ0n) is 10.5. The van der Waals surface area contributed by atoms with Gasteiger partial charge in [-0.2, -0.15) is 5.10 Å². The van der Waals surface area contributed by atoms with Gasteiger partial charge in [-0.05, 0) is 35.7 Å². The van der Waals surface area contributed by atoms with Crippen LogP contribution in [0, 0.1) is 6.92 Å². The van der Waals surface area contributed by atoms with E-state index in [0.29, 0.717) is 11.3 Å². The number of benzene rings is 1. The van der Waals surface area contributed by atoms with Crippen molar-refractivity contribution in [1.82, 2.24) is 19.6 Å². The maximum absolute atomic E-state index is 11.1. The summed E-state index contributed by atoms with van der Waals surface area (Å²) in [6.45, 7) is 1.89. The molecule has 2 heterocycles. The number of nitrogens with two attached hydrogens (primary N) is 1. The van der Waals surface area contributed by atoms with E-state index in [2.05, 4.69) is 15.1 Å². The number of imidazole rings is 1. The molecule has 0 bridgehead atoms. The molecule has 1 unspecified atom stereocenters. The summed E-state index contributed by atoms with van der Waals surface area (Å²) < 4.78 is 23.7. The van der Waals surface area contributed by atoms with E-state index in [1.807, 2.05) is 6.92 Å². The largest absolute Gasteiger partial charge is 0.768 e. The van der Waals surface area contributed by atoms with Crippen molar-refractivity contribution in [2.75, 3.05) is 5.73 Å². The van der Waals surface area contributed by atoms with Crippen LogP contribution in [-0.2, 0) is 11.1 Å². The Labute approximate surface area is 116 Å². The van der Waals surface area contributed by atoms with Gasteiger partial charge in [0, 0.05) is 10.5 Å². The molecule has 0 fully saturated rings. The van der Waals surface area contributed by atoms with Crippen molar-refractivity contribution in [1.29, 1.82) is 0 Å². The summed E-state index contributed by atoms with van der Waals surface area (Å²) >= 11 is -2.28. The summed E-state index contributed by atoms with van der Waals surface area (Å²) in [6.07, 6.45) is 2.93. The van der Waals surface area contributed by atoms with Crippen molar-refractivity contribution in [2.45, 2.75) is 11.8 Å². The van der Waals surface area contributed by atoms with Crippen LogP contribution in [0.25, 0.3) is 16.9 Å². The third-order valence-corrected chi connectivity index (χ3v) is 3.65. The number of aromatic nitrogens is 4. The molecule has 0 saturated carbocycles. The number of hydrogen-bond acceptors (Lipinski definition) is 6. The van der Waals surface area contributed by atoms with Gasteiger partial charge in [-0.3, -0.25) is 4.21 Å². The van der Waals surface area contributed by atoms with E-state index in [-0.39, 0.29) is 10.7 Å². The van der Waals surface area contributed by atoms with Gasteiger partial charge >= 0.3 is 0 Å². The lowest BCUT2D eigenvalue weighted by Gasteiger charge is -2.10. The number of nitrogen functional groups attached to an aromatic ring is 1. The molecule has 0 amide bonds. The highest BCUT2D eigenvalue weighted by atomic mass is 32.2. The van der Waals surface area contributed by atoms with Gasteiger partial charge in [-0.1, -0.05) is 6.07 Å². The maximum Gasteiger partial charge on any atom is 0.197 e. The standard InChI is InChI=1S/C12H11N5O2S/c1-7-2-3-8(20(18)19)4-9(7)10-5-14-12-11(13)15-6-16-17(10)12/h2-6H,1H3,(H,18,19)(H2,13,15,16)/p-1. The third-order valence-electron chi connectivity index (χ3n) is 3.01. The Morgan fingerprint density at radius 2 is 2.15 bits per heavy atom. The average Bonchev–Trinajstić information content (AvgIpc) is 2.84. The van der Waals surface area contributed by atoms with E-state index < -0.39 is 11.1 Å². The molecule has 1 aromatic carbocycles. The fraction of sp³-hybridized carbons (Fsp3) is 0.0833. The minimum absolute atomic E-state index is 0.211. The first kappa shape index (κ1) is 12.7. The lowest BCUT2D eigenvalue weighted by molar-refractivity contribution is 0.537. The molecule has 0 spiro atoms. The number of nitrogens with zero attached hydrogens (tertiary/aromatic N) is 4. The smallest absolute Gasteiger partial charge is 0.197 e. The van der Waals surface area contributed by atoms with Crippen molar-refractivity contribution in [2.24, 2.45) is 0 Å². The van der Waals surface area contributed by atoms with Crippen LogP contribution in [0.1, 0.15) is 5.56 Å². The molecule has 20 heavy (non-hydrogen) atoms. The lowest BCUT2D eigenvalue weighted by Crippen LogP contribution is -2.01. The first-order valence-electron chi connectivity index (χ1n) is 5.72. The van der Waals surface area contributed by atoms with Gasteiger partial charge in [0.1, 0.15) is 6.33 Å². The van der Waals surface area contributed by atoms with Crippen LogP contribution in [0.2, 0.25) is 0 Å². The van der Waals surface area contributed by atoms with Gasteiger partial charge in [0.25, 0.3) is 0 Å². The lowest BCUT2D eigenvalue weighted by atomic mass is 10.1. The number of rotatable bonds is 2. The summed E-state index contributed by atoms with van der Waals surface area (Å²) in [4.78, 5) is 8.25. The number of fused-ring (bicyclic) bond motifs is 1. The van der Waals surface area contributed by atoms with E-state index in [9.17, 15) is 8.76 Å². The molecule has 7 nitrogen and oxygen atoms in total. The summed E-state index contributed by atoms with van der Waals surface area (Å²) in [6, 6.07) is 4.87. The van der Waals surface area contributed by atoms with Crippen LogP contribution in [-0.4, -0.2) is 28.3 Å². The van der Waals surface area contributed by atoms with E-state index in [4.69, 9.17) is 5.73 Å². The molecule has 0 radical (unpaired) electrons. The van der Waals surface area contributed by atoms with Crippen LogP contribution in [0.4, 0.5) is 5.82 Å². The van der Waals surface area contributed by atoms with Crippen LogP contribution < -0.4 is 5.73 Å². The van der Waals surface area contributed by atoms with Gasteiger partial charge in [0.2, 0.25) is 0 Å². The molecule has 3 rings (SSSR count). The van der Waals surface area contributed by atoms with E-state index >= 15 is 0 Å². The topological polar surface area (TPSA) is 109 Å². The predicted octanol–water partition coefficient (Wildman–Crippen LogP) is 0.920. The zero-order chi connectivity index (χ0) is 14.3. The van der Waals surface area contributed by atoms with E-state index in [1.165, 1.54) is 6.33 Å². The molecular weight excluding hydrogens is 278 g/mol. The minimum atomic E-state index is -2.28. The summed E-state index contributed by atoms with van der Waals surface area (Å²) in [5.41, 5.74) is 8.49. The average molecular weight is 288 g/mol. The fourth-order valence-corrected chi connectivity index (χ4v) is 2.39. The molecule has 0 aliphatic rings. The van der Waals surface area contributed by atoms with Crippen LogP contribution in [0.15, 0.2) is 35.6 Å². The fourth-order valence-electron chi connectivity index (χ4n) is 2.00. The Kier molecular flexibility index (Phi) is 2.96. The second-order valence-corrected chi connectivity index (χ2v) is 5.18. The highest BCUT2D eigenvalue weighted by Gasteiger charge is 2.12.